The Morgan fingerprint density at radius 1 is 1.12 bits per heavy atom. The van der Waals surface area contributed by atoms with E-state index in [0.29, 0.717) is 40.5 Å². The van der Waals surface area contributed by atoms with Crippen molar-refractivity contribution in [3.05, 3.63) is 73.5 Å². The first-order valence-corrected chi connectivity index (χ1v) is 11.5. The summed E-state index contributed by atoms with van der Waals surface area (Å²) in [4.78, 5) is 26.6. The highest BCUT2D eigenvalue weighted by Crippen LogP contribution is 2.48. The number of ketones is 1. The summed E-state index contributed by atoms with van der Waals surface area (Å²) >= 11 is 2.19. The molecular formula is C25H24INO5. The lowest BCUT2D eigenvalue weighted by atomic mass is 9.79. The van der Waals surface area contributed by atoms with Crippen molar-refractivity contribution in [1.82, 2.24) is 5.32 Å². The minimum atomic E-state index is -0.594. The van der Waals surface area contributed by atoms with Gasteiger partial charge in [-0.25, -0.2) is 4.79 Å². The third kappa shape index (κ3) is 3.58. The number of hydrogen-bond acceptors (Lipinski definition) is 6. The SMILES string of the molecule is CCOC(=O)C1=C(C)NC2=C(C(=O)c3ccccc32)[C@H]1c1cc(I)c(OCC)c(OC)c1. The summed E-state index contributed by atoms with van der Waals surface area (Å²) < 4.78 is 17.6. The fraction of sp³-hybridized carbons (Fsp3) is 0.280. The molecule has 2 aromatic carbocycles. The van der Waals surface area contributed by atoms with Gasteiger partial charge in [0.25, 0.3) is 0 Å². The number of dihydropyridines is 1. The third-order valence-corrected chi connectivity index (χ3v) is 6.42. The van der Waals surface area contributed by atoms with Crippen molar-refractivity contribution in [3.8, 4) is 11.5 Å². The highest BCUT2D eigenvalue weighted by Gasteiger charge is 2.43. The number of carbonyl (C=O) groups excluding carboxylic acids is 2. The topological polar surface area (TPSA) is 73.9 Å². The van der Waals surface area contributed by atoms with E-state index in [2.05, 4.69) is 27.9 Å². The molecule has 2 aromatic rings. The van der Waals surface area contributed by atoms with Crippen LogP contribution in [0.4, 0.5) is 0 Å². The molecule has 6 nitrogen and oxygen atoms in total. The largest absolute Gasteiger partial charge is 0.493 e. The van der Waals surface area contributed by atoms with Crippen LogP contribution in [0.25, 0.3) is 5.70 Å². The standard InChI is InChI=1S/C25H24INO5/c1-5-31-24-17(26)11-14(12-18(24)30-4)20-19(25(29)32-6-2)13(3)27-22-15-9-7-8-10-16(15)23(28)21(20)22/h7-12,20,27H,5-6H2,1-4H3/t20-/m0/s1. The van der Waals surface area contributed by atoms with Crippen molar-refractivity contribution in [2.75, 3.05) is 20.3 Å². The van der Waals surface area contributed by atoms with Crippen molar-refractivity contribution in [2.45, 2.75) is 26.7 Å². The molecule has 0 bridgehead atoms. The lowest BCUT2D eigenvalue weighted by Gasteiger charge is -2.29. The van der Waals surface area contributed by atoms with E-state index in [1.807, 2.05) is 50.2 Å². The number of rotatable bonds is 6. The second-order valence-corrected chi connectivity index (χ2v) is 8.61. The van der Waals surface area contributed by atoms with Gasteiger partial charge in [-0.05, 0) is 61.1 Å². The van der Waals surface area contributed by atoms with Gasteiger partial charge in [-0.15, -0.1) is 0 Å². The van der Waals surface area contributed by atoms with E-state index in [0.717, 1.165) is 20.4 Å². The van der Waals surface area contributed by atoms with Crippen molar-refractivity contribution < 1.29 is 23.8 Å². The van der Waals surface area contributed by atoms with E-state index in [1.54, 1.807) is 14.0 Å². The Labute approximate surface area is 200 Å². The number of allylic oxidation sites excluding steroid dienone is 2. The molecule has 0 radical (unpaired) electrons. The van der Waals surface area contributed by atoms with Gasteiger partial charge in [-0.1, -0.05) is 24.3 Å². The average molecular weight is 545 g/mol. The first-order valence-electron chi connectivity index (χ1n) is 10.5. The van der Waals surface area contributed by atoms with Crippen LogP contribution >= 0.6 is 22.6 Å². The zero-order valence-electron chi connectivity index (χ0n) is 18.4. The van der Waals surface area contributed by atoms with Crippen LogP contribution in [0.3, 0.4) is 0 Å². The van der Waals surface area contributed by atoms with Crippen LogP contribution in [-0.4, -0.2) is 32.1 Å². The Kier molecular flexibility index (Phi) is 6.28. The molecule has 0 saturated carbocycles. The lowest BCUT2D eigenvalue weighted by molar-refractivity contribution is -0.138. The number of ether oxygens (including phenoxy) is 3. The number of benzene rings is 2. The predicted molar refractivity (Wildman–Crippen MR) is 130 cm³/mol. The van der Waals surface area contributed by atoms with Gasteiger partial charge in [-0.3, -0.25) is 4.79 Å². The Balaban J connectivity index is 1.95. The molecule has 0 saturated heterocycles. The van der Waals surface area contributed by atoms with Crippen LogP contribution in [0, 0.1) is 3.57 Å². The zero-order valence-corrected chi connectivity index (χ0v) is 20.5. The minimum Gasteiger partial charge on any atom is -0.493 e. The van der Waals surface area contributed by atoms with Gasteiger partial charge in [0, 0.05) is 28.3 Å². The quantitative estimate of drug-likeness (QED) is 0.414. The molecular weight excluding hydrogens is 521 g/mol. The molecule has 0 fully saturated rings. The molecule has 4 rings (SSSR count). The van der Waals surface area contributed by atoms with E-state index in [9.17, 15) is 9.59 Å². The van der Waals surface area contributed by atoms with Crippen molar-refractivity contribution >= 4 is 40.0 Å². The summed E-state index contributed by atoms with van der Waals surface area (Å²) in [5.41, 5.74) is 4.61. The molecule has 2 aliphatic rings. The summed E-state index contributed by atoms with van der Waals surface area (Å²) in [5.74, 6) is 0.0642. The third-order valence-electron chi connectivity index (χ3n) is 5.62. The molecule has 7 heteroatoms. The van der Waals surface area contributed by atoms with E-state index < -0.39 is 11.9 Å². The van der Waals surface area contributed by atoms with Crippen LogP contribution < -0.4 is 14.8 Å². The van der Waals surface area contributed by atoms with Gasteiger partial charge in [0.2, 0.25) is 0 Å². The van der Waals surface area contributed by atoms with E-state index in [-0.39, 0.29) is 12.4 Å². The molecule has 1 aliphatic heterocycles. The Morgan fingerprint density at radius 3 is 2.50 bits per heavy atom. The summed E-state index contributed by atoms with van der Waals surface area (Å²) in [6.07, 6.45) is 0. The smallest absolute Gasteiger partial charge is 0.336 e. The number of halogens is 1. The summed E-state index contributed by atoms with van der Waals surface area (Å²) in [5, 5.41) is 3.31. The molecule has 32 heavy (non-hydrogen) atoms. The summed E-state index contributed by atoms with van der Waals surface area (Å²) in [6.45, 7) is 6.25. The van der Waals surface area contributed by atoms with Gasteiger partial charge in [0.05, 0.1) is 35.2 Å². The number of nitrogens with one attached hydrogen (secondary N) is 1. The summed E-state index contributed by atoms with van der Waals surface area (Å²) in [6, 6.07) is 11.3. The van der Waals surface area contributed by atoms with Crippen LogP contribution in [0.1, 0.15) is 48.2 Å². The first-order chi connectivity index (χ1) is 15.4. The van der Waals surface area contributed by atoms with Gasteiger partial charge in [-0.2, -0.15) is 0 Å². The molecule has 0 unspecified atom stereocenters. The van der Waals surface area contributed by atoms with Gasteiger partial charge in [0.1, 0.15) is 0 Å². The molecule has 1 heterocycles. The molecule has 0 amide bonds. The summed E-state index contributed by atoms with van der Waals surface area (Å²) in [7, 11) is 1.58. The van der Waals surface area contributed by atoms with Gasteiger partial charge < -0.3 is 19.5 Å². The van der Waals surface area contributed by atoms with Crippen LogP contribution in [0.15, 0.2) is 53.2 Å². The number of Topliss-reactive ketones (excluding diaryl/α,β-unsaturated/α-hetero) is 1. The maximum absolute atomic E-state index is 13.5. The zero-order chi connectivity index (χ0) is 23.0. The average Bonchev–Trinajstić information content (AvgIpc) is 3.06. The number of hydrogen-bond donors (Lipinski definition) is 1. The lowest BCUT2D eigenvalue weighted by Crippen LogP contribution is -2.29. The normalized spacial score (nSPS) is 17.0. The molecule has 1 atom stereocenters. The fourth-order valence-corrected chi connectivity index (χ4v) is 5.11. The highest BCUT2D eigenvalue weighted by atomic mass is 127. The van der Waals surface area contributed by atoms with Crippen molar-refractivity contribution in [3.63, 3.8) is 0 Å². The van der Waals surface area contributed by atoms with Crippen LogP contribution in [-0.2, 0) is 9.53 Å². The van der Waals surface area contributed by atoms with E-state index in [1.165, 1.54) is 0 Å². The predicted octanol–water partition coefficient (Wildman–Crippen LogP) is 4.83. The molecule has 0 spiro atoms. The molecule has 166 valence electrons. The second kappa shape index (κ2) is 8.97. The monoisotopic (exact) mass is 545 g/mol. The van der Waals surface area contributed by atoms with Crippen LogP contribution in [0.2, 0.25) is 0 Å². The number of carbonyl (C=O) groups is 2. The van der Waals surface area contributed by atoms with E-state index in [4.69, 9.17) is 14.2 Å². The molecule has 1 aliphatic carbocycles. The van der Waals surface area contributed by atoms with E-state index >= 15 is 0 Å². The first kappa shape index (κ1) is 22.4. The Morgan fingerprint density at radius 2 is 1.84 bits per heavy atom. The number of fused-ring (bicyclic) bond motifs is 2. The van der Waals surface area contributed by atoms with Crippen LogP contribution in [0.5, 0.6) is 11.5 Å². The molecule has 0 aromatic heterocycles. The second-order valence-electron chi connectivity index (χ2n) is 7.45. The van der Waals surface area contributed by atoms with Crippen molar-refractivity contribution in [2.24, 2.45) is 0 Å². The maximum Gasteiger partial charge on any atom is 0.336 e. The Hall–Kier alpha value is -2.81. The highest BCUT2D eigenvalue weighted by molar-refractivity contribution is 14.1. The molecule has 1 N–H and O–H groups in total. The van der Waals surface area contributed by atoms with Gasteiger partial charge in [0.15, 0.2) is 17.3 Å². The minimum absolute atomic E-state index is 0.0924. The number of esters is 1. The Bertz CT molecular complexity index is 1180. The maximum atomic E-state index is 13.5. The number of methoxy groups -OCH3 is 1. The van der Waals surface area contributed by atoms with Gasteiger partial charge >= 0.3 is 5.97 Å². The fourth-order valence-electron chi connectivity index (χ4n) is 4.33. The van der Waals surface area contributed by atoms with Crippen molar-refractivity contribution in [1.29, 1.82) is 0 Å².